The molecular weight excluding hydrogens is 446 g/mol. The second-order valence-corrected chi connectivity index (χ2v) is 8.82. The molecule has 0 spiro atoms. The van der Waals surface area contributed by atoms with Gasteiger partial charge < -0.3 is 10.1 Å². The Bertz CT molecular complexity index is 1460. The lowest BCUT2D eigenvalue weighted by molar-refractivity contribution is -0.145. The van der Waals surface area contributed by atoms with Crippen molar-refractivity contribution >= 4 is 23.4 Å². The number of carbonyl (C=O) groups is 1. The summed E-state index contributed by atoms with van der Waals surface area (Å²) < 4.78 is 7.17. The van der Waals surface area contributed by atoms with Crippen LogP contribution in [-0.4, -0.2) is 33.2 Å². The van der Waals surface area contributed by atoms with Gasteiger partial charge in [0.15, 0.2) is 0 Å². The maximum absolute atomic E-state index is 13.5. The van der Waals surface area contributed by atoms with Crippen LogP contribution in [0.25, 0.3) is 6.08 Å². The zero-order valence-corrected chi connectivity index (χ0v) is 20.2. The van der Waals surface area contributed by atoms with Crippen LogP contribution in [-0.2, 0) is 22.6 Å². The molecule has 2 heterocycles. The number of hydrogen-bond acceptors (Lipinski definition) is 6. The minimum absolute atomic E-state index is 0.109. The summed E-state index contributed by atoms with van der Waals surface area (Å²) in [4.78, 5) is 45.6. The molecule has 4 rings (SSSR count). The number of fused-ring (bicyclic) bond motifs is 1. The summed E-state index contributed by atoms with van der Waals surface area (Å²) >= 11 is 0. The van der Waals surface area contributed by atoms with E-state index in [0.717, 1.165) is 26.9 Å². The monoisotopic (exact) mass is 475 g/mol. The zero-order valence-electron chi connectivity index (χ0n) is 20.2. The number of hydrogen-bond donors (Lipinski definition) is 2. The fraction of sp³-hybridized carbons (Fsp3) is 0.308. The SMILES string of the molecule is COC(=O)[C@@H](C)Cn1c(=O)[nH]/c(=N\c2ccc3c(c2)C=CC(C)N3)n(Cc2ccc(C)cc2)c1=O. The van der Waals surface area contributed by atoms with Gasteiger partial charge in [0.25, 0.3) is 0 Å². The molecule has 2 aromatic carbocycles. The molecule has 0 aliphatic carbocycles. The van der Waals surface area contributed by atoms with Crippen molar-refractivity contribution in [3.8, 4) is 0 Å². The molecule has 9 heteroatoms. The summed E-state index contributed by atoms with van der Waals surface area (Å²) in [7, 11) is 1.27. The van der Waals surface area contributed by atoms with E-state index in [1.54, 1.807) is 6.92 Å². The van der Waals surface area contributed by atoms with Crippen molar-refractivity contribution in [2.75, 3.05) is 12.4 Å². The van der Waals surface area contributed by atoms with E-state index >= 15 is 0 Å². The summed E-state index contributed by atoms with van der Waals surface area (Å²) in [5, 5.41) is 3.37. The van der Waals surface area contributed by atoms with Gasteiger partial charge in [-0.2, -0.15) is 0 Å². The van der Waals surface area contributed by atoms with Crippen LogP contribution in [0.15, 0.2) is 63.1 Å². The molecule has 1 aliphatic heterocycles. The molecule has 0 bridgehead atoms. The quantitative estimate of drug-likeness (QED) is 0.533. The largest absolute Gasteiger partial charge is 0.469 e. The van der Waals surface area contributed by atoms with Gasteiger partial charge in [-0.1, -0.05) is 48.9 Å². The maximum atomic E-state index is 13.5. The predicted molar refractivity (Wildman–Crippen MR) is 135 cm³/mol. The van der Waals surface area contributed by atoms with E-state index in [9.17, 15) is 14.4 Å². The molecule has 182 valence electrons. The van der Waals surface area contributed by atoms with Gasteiger partial charge in [0.05, 0.1) is 25.3 Å². The Labute approximate surface area is 202 Å². The molecule has 35 heavy (non-hydrogen) atoms. The van der Waals surface area contributed by atoms with Crippen molar-refractivity contribution in [2.24, 2.45) is 10.9 Å². The fourth-order valence-corrected chi connectivity index (χ4v) is 3.92. The number of anilines is 1. The van der Waals surface area contributed by atoms with E-state index in [1.165, 1.54) is 11.7 Å². The summed E-state index contributed by atoms with van der Waals surface area (Å²) in [6.07, 6.45) is 4.07. The minimum Gasteiger partial charge on any atom is -0.469 e. The number of nitrogens with zero attached hydrogens (tertiary/aromatic N) is 3. The van der Waals surface area contributed by atoms with Crippen molar-refractivity contribution in [3.63, 3.8) is 0 Å². The number of ether oxygens (including phenoxy) is 1. The maximum Gasteiger partial charge on any atom is 0.335 e. The van der Waals surface area contributed by atoms with Gasteiger partial charge in [0.1, 0.15) is 0 Å². The van der Waals surface area contributed by atoms with Gasteiger partial charge in [0, 0.05) is 18.3 Å². The third kappa shape index (κ3) is 5.34. The number of aryl methyl sites for hydroxylation is 1. The van der Waals surface area contributed by atoms with Crippen LogP contribution in [0, 0.1) is 12.8 Å². The Morgan fingerprint density at radius 1 is 1.14 bits per heavy atom. The summed E-state index contributed by atoms with van der Waals surface area (Å²) in [5.74, 6) is -1.17. The van der Waals surface area contributed by atoms with Gasteiger partial charge in [-0.25, -0.2) is 19.1 Å². The smallest absolute Gasteiger partial charge is 0.335 e. The van der Waals surface area contributed by atoms with Crippen LogP contribution in [0.5, 0.6) is 0 Å². The highest BCUT2D eigenvalue weighted by atomic mass is 16.5. The summed E-state index contributed by atoms with van der Waals surface area (Å²) in [5.41, 5.74) is 3.46. The first kappa shape index (κ1) is 24.0. The first-order chi connectivity index (χ1) is 16.7. The second kappa shape index (κ2) is 10.0. The molecule has 0 saturated heterocycles. The highest BCUT2D eigenvalue weighted by Crippen LogP contribution is 2.27. The lowest BCUT2D eigenvalue weighted by atomic mass is 10.1. The molecule has 0 saturated carbocycles. The number of benzene rings is 2. The van der Waals surface area contributed by atoms with Gasteiger partial charge in [-0.05, 0) is 43.2 Å². The molecular formula is C26H29N5O4. The molecule has 9 nitrogen and oxygen atoms in total. The van der Waals surface area contributed by atoms with E-state index in [0.29, 0.717) is 5.69 Å². The molecule has 2 N–H and O–H groups in total. The molecule has 1 aliphatic rings. The third-order valence-corrected chi connectivity index (χ3v) is 5.92. The van der Waals surface area contributed by atoms with Crippen molar-refractivity contribution < 1.29 is 9.53 Å². The van der Waals surface area contributed by atoms with Crippen LogP contribution < -0.4 is 22.3 Å². The Morgan fingerprint density at radius 2 is 1.89 bits per heavy atom. The summed E-state index contributed by atoms with van der Waals surface area (Å²) in [6, 6.07) is 13.7. The van der Waals surface area contributed by atoms with Crippen molar-refractivity contribution in [1.29, 1.82) is 0 Å². The molecule has 3 aromatic rings. The number of methoxy groups -OCH3 is 1. The van der Waals surface area contributed by atoms with E-state index in [-0.39, 0.29) is 24.7 Å². The van der Waals surface area contributed by atoms with Crippen molar-refractivity contribution in [2.45, 2.75) is 39.9 Å². The minimum atomic E-state index is -0.670. The molecule has 0 radical (unpaired) electrons. The Balaban J connectivity index is 1.84. The predicted octanol–water partition coefficient (Wildman–Crippen LogP) is 2.56. The van der Waals surface area contributed by atoms with Gasteiger partial charge in [-0.3, -0.25) is 14.3 Å². The number of aromatic nitrogens is 3. The van der Waals surface area contributed by atoms with Crippen LogP contribution in [0.2, 0.25) is 0 Å². The average Bonchev–Trinajstić information content (AvgIpc) is 2.84. The molecule has 1 unspecified atom stereocenters. The Morgan fingerprint density at radius 3 is 2.60 bits per heavy atom. The lowest BCUT2D eigenvalue weighted by Gasteiger charge is -2.19. The van der Waals surface area contributed by atoms with E-state index < -0.39 is 23.3 Å². The molecule has 2 atom stereocenters. The van der Waals surface area contributed by atoms with E-state index in [2.05, 4.69) is 28.3 Å². The Kier molecular flexibility index (Phi) is 6.86. The first-order valence-electron chi connectivity index (χ1n) is 11.5. The highest BCUT2D eigenvalue weighted by Gasteiger charge is 2.18. The van der Waals surface area contributed by atoms with Gasteiger partial charge >= 0.3 is 17.3 Å². The van der Waals surface area contributed by atoms with Gasteiger partial charge in [0.2, 0.25) is 5.62 Å². The first-order valence-corrected chi connectivity index (χ1v) is 11.5. The number of carbonyl (C=O) groups excluding carboxylic acids is 1. The average molecular weight is 476 g/mol. The standard InChI is InChI=1S/C26H29N5O4/c1-16-5-8-19(9-6-16)15-30-24(28-21-11-12-22-20(13-21)10-7-18(3)27-22)29-25(33)31(26(30)34)14-17(2)23(32)35-4/h5-13,17-18,27H,14-15H2,1-4H3,(H,28,29,33)/t17-,18?/m0/s1. The van der Waals surface area contributed by atoms with Crippen molar-refractivity contribution in [1.82, 2.24) is 14.1 Å². The number of nitrogens with one attached hydrogen (secondary N) is 2. The molecule has 1 aromatic heterocycles. The van der Waals surface area contributed by atoms with Crippen LogP contribution in [0.4, 0.5) is 11.4 Å². The Hall–Kier alpha value is -4.14. The van der Waals surface area contributed by atoms with Crippen molar-refractivity contribution in [3.05, 3.63) is 91.8 Å². The van der Waals surface area contributed by atoms with Gasteiger partial charge in [-0.15, -0.1) is 0 Å². The lowest BCUT2D eigenvalue weighted by Crippen LogP contribution is -2.51. The van der Waals surface area contributed by atoms with Crippen LogP contribution in [0.1, 0.15) is 30.5 Å². The number of esters is 1. The molecule has 0 fully saturated rings. The summed E-state index contributed by atoms with van der Waals surface area (Å²) in [6.45, 7) is 5.75. The normalized spacial score (nSPS) is 15.9. The topological polar surface area (TPSA) is 110 Å². The molecule has 0 amide bonds. The fourth-order valence-electron chi connectivity index (χ4n) is 3.92. The number of H-pyrrole nitrogens is 1. The highest BCUT2D eigenvalue weighted by molar-refractivity contribution is 5.73. The zero-order chi connectivity index (χ0) is 25.1. The van der Waals surface area contributed by atoms with E-state index in [4.69, 9.17) is 4.74 Å². The van der Waals surface area contributed by atoms with Crippen LogP contribution >= 0.6 is 0 Å². The number of rotatable bonds is 6. The number of aromatic amines is 1. The third-order valence-electron chi connectivity index (χ3n) is 5.92. The van der Waals surface area contributed by atoms with E-state index in [1.807, 2.05) is 55.5 Å². The second-order valence-electron chi connectivity index (χ2n) is 8.82. The van der Waals surface area contributed by atoms with Crippen LogP contribution in [0.3, 0.4) is 0 Å².